The van der Waals surface area contributed by atoms with Crippen molar-refractivity contribution >= 4 is 16.3 Å². The molecule has 0 bridgehead atoms. The predicted molar refractivity (Wildman–Crippen MR) is 75.3 cm³/mol. The van der Waals surface area contributed by atoms with Crippen molar-refractivity contribution in [2.45, 2.75) is 50.9 Å². The molecule has 4 rings (SSSR count). The van der Waals surface area contributed by atoms with Crippen LogP contribution in [0.15, 0.2) is 4.52 Å². The summed E-state index contributed by atoms with van der Waals surface area (Å²) in [6.45, 7) is 0. The summed E-state index contributed by atoms with van der Waals surface area (Å²) in [4.78, 5) is 6.01. The zero-order chi connectivity index (χ0) is 12.8. The van der Waals surface area contributed by atoms with Crippen LogP contribution in [0.5, 0.6) is 0 Å². The van der Waals surface area contributed by atoms with Crippen molar-refractivity contribution in [2.75, 3.05) is 5.73 Å². The van der Waals surface area contributed by atoms with E-state index < -0.39 is 0 Å². The molecule has 1 saturated carbocycles. The highest BCUT2D eigenvalue weighted by atomic mass is 32.1. The van der Waals surface area contributed by atoms with Crippen LogP contribution in [0.2, 0.25) is 0 Å². The number of hydrogen-bond acceptors (Lipinski definition) is 5. The molecule has 2 N–H and O–H groups in total. The van der Waals surface area contributed by atoms with E-state index in [4.69, 9.17) is 10.3 Å². The van der Waals surface area contributed by atoms with Gasteiger partial charge in [-0.3, -0.25) is 0 Å². The minimum absolute atomic E-state index is 0.508. The summed E-state index contributed by atoms with van der Waals surface area (Å²) in [5, 5.41) is 4.99. The first kappa shape index (κ1) is 11.5. The monoisotopic (exact) mass is 275 g/mol. The Morgan fingerprint density at radius 1 is 1.16 bits per heavy atom. The van der Waals surface area contributed by atoms with Crippen molar-refractivity contribution in [3.05, 3.63) is 16.3 Å². The molecule has 0 spiro atoms. The van der Waals surface area contributed by atoms with Gasteiger partial charge in [-0.2, -0.15) is 4.98 Å². The number of hydrogen-bond donors (Lipinski definition) is 1. The minimum Gasteiger partial charge on any atom is -0.390 e. The van der Waals surface area contributed by atoms with Crippen LogP contribution in [0.1, 0.15) is 54.3 Å². The van der Waals surface area contributed by atoms with Gasteiger partial charge in [0.2, 0.25) is 0 Å². The van der Waals surface area contributed by atoms with Gasteiger partial charge in [0.15, 0.2) is 5.82 Å². The highest BCUT2D eigenvalue weighted by Crippen LogP contribution is 2.43. The van der Waals surface area contributed by atoms with Crippen LogP contribution >= 0.6 is 11.3 Å². The number of aryl methyl sites for hydroxylation is 1. The Kier molecular flexibility index (Phi) is 2.62. The summed E-state index contributed by atoms with van der Waals surface area (Å²) >= 11 is 1.70. The van der Waals surface area contributed by atoms with Gasteiger partial charge in [-0.1, -0.05) is 11.6 Å². The summed E-state index contributed by atoms with van der Waals surface area (Å²) in [6.07, 6.45) is 8.41. The topological polar surface area (TPSA) is 64.9 Å². The number of nitrogens with zero attached hydrogens (tertiary/aromatic N) is 2. The molecule has 4 nitrogen and oxygen atoms in total. The van der Waals surface area contributed by atoms with Gasteiger partial charge >= 0.3 is 0 Å². The van der Waals surface area contributed by atoms with E-state index >= 15 is 0 Å². The van der Waals surface area contributed by atoms with Gasteiger partial charge < -0.3 is 10.3 Å². The zero-order valence-corrected chi connectivity index (χ0v) is 11.6. The maximum atomic E-state index is 6.18. The lowest BCUT2D eigenvalue weighted by Gasteiger charge is -2.20. The molecular formula is C14H17N3OS. The van der Waals surface area contributed by atoms with E-state index in [2.05, 4.69) is 10.1 Å². The first-order chi connectivity index (χ1) is 9.33. The Labute approximate surface area is 116 Å². The third kappa shape index (κ3) is 1.79. The molecule has 0 aromatic carbocycles. The van der Waals surface area contributed by atoms with E-state index in [9.17, 15) is 0 Å². The molecule has 2 aliphatic rings. The molecule has 100 valence electrons. The number of anilines is 1. The molecule has 5 heteroatoms. The molecule has 0 saturated heterocycles. The minimum atomic E-state index is 0.508. The molecule has 0 unspecified atom stereocenters. The van der Waals surface area contributed by atoms with Gasteiger partial charge in [0, 0.05) is 10.8 Å². The Balaban J connectivity index is 1.75. The molecule has 1 fully saturated rings. The Bertz CT molecular complexity index is 612. The van der Waals surface area contributed by atoms with Crippen LogP contribution in [0.3, 0.4) is 0 Å². The zero-order valence-electron chi connectivity index (χ0n) is 10.8. The van der Waals surface area contributed by atoms with Crippen LogP contribution in [0.4, 0.5) is 5.00 Å². The van der Waals surface area contributed by atoms with Gasteiger partial charge in [-0.25, -0.2) is 0 Å². The number of thiophene rings is 1. The van der Waals surface area contributed by atoms with Crippen molar-refractivity contribution in [1.29, 1.82) is 0 Å². The highest BCUT2D eigenvalue weighted by molar-refractivity contribution is 7.16. The second-order valence-corrected chi connectivity index (χ2v) is 6.67. The van der Waals surface area contributed by atoms with Crippen LogP contribution in [-0.2, 0) is 12.8 Å². The lowest BCUT2D eigenvalue weighted by Crippen LogP contribution is -2.10. The van der Waals surface area contributed by atoms with Crippen molar-refractivity contribution < 1.29 is 4.52 Å². The molecule has 19 heavy (non-hydrogen) atoms. The largest absolute Gasteiger partial charge is 0.390 e. The van der Waals surface area contributed by atoms with E-state index in [1.807, 2.05) is 0 Å². The molecule has 2 aliphatic carbocycles. The number of aromatic nitrogens is 2. The van der Waals surface area contributed by atoms with Crippen LogP contribution < -0.4 is 5.73 Å². The molecule has 0 amide bonds. The fourth-order valence-corrected chi connectivity index (χ4v) is 4.14. The van der Waals surface area contributed by atoms with Gasteiger partial charge in [0.25, 0.3) is 5.89 Å². The standard InChI is InChI=1S/C14H17N3OS/c15-12-11(9-6-1-2-7-10(9)19-12)14-16-13(17-18-14)8-4-3-5-8/h8H,1-7,15H2. The predicted octanol–water partition coefficient (Wildman–Crippen LogP) is 3.53. The van der Waals surface area contributed by atoms with Gasteiger partial charge in [-0.05, 0) is 44.1 Å². The SMILES string of the molecule is Nc1sc2c(c1-c1nc(C3CCC3)no1)CCCC2. The third-order valence-electron chi connectivity index (χ3n) is 4.32. The summed E-state index contributed by atoms with van der Waals surface area (Å²) in [7, 11) is 0. The fourth-order valence-electron chi connectivity index (χ4n) is 2.99. The van der Waals surface area contributed by atoms with Crippen LogP contribution in [0.25, 0.3) is 11.5 Å². The number of nitrogen functional groups attached to an aromatic ring is 1. The van der Waals surface area contributed by atoms with E-state index in [0.717, 1.165) is 29.2 Å². The van der Waals surface area contributed by atoms with Gasteiger partial charge in [0.1, 0.15) is 0 Å². The summed E-state index contributed by atoms with van der Waals surface area (Å²) in [5.41, 5.74) is 8.56. The summed E-state index contributed by atoms with van der Waals surface area (Å²) in [6, 6.07) is 0. The maximum Gasteiger partial charge on any atom is 0.261 e. The second-order valence-electron chi connectivity index (χ2n) is 5.54. The van der Waals surface area contributed by atoms with Gasteiger partial charge in [-0.15, -0.1) is 11.3 Å². The smallest absolute Gasteiger partial charge is 0.261 e. The van der Waals surface area contributed by atoms with Crippen molar-refractivity contribution in [1.82, 2.24) is 10.1 Å². The number of nitrogens with two attached hydrogens (primary N) is 1. The highest BCUT2D eigenvalue weighted by Gasteiger charge is 2.28. The normalized spacial score (nSPS) is 19.2. The lowest BCUT2D eigenvalue weighted by atomic mass is 9.85. The van der Waals surface area contributed by atoms with E-state index in [0.29, 0.717) is 11.8 Å². The fraction of sp³-hybridized carbons (Fsp3) is 0.571. The molecule has 2 aromatic heterocycles. The summed E-state index contributed by atoms with van der Waals surface area (Å²) in [5.74, 6) is 2.02. The van der Waals surface area contributed by atoms with Crippen LogP contribution in [0, 0.1) is 0 Å². The average Bonchev–Trinajstić information content (AvgIpc) is 2.90. The van der Waals surface area contributed by atoms with Crippen LogP contribution in [-0.4, -0.2) is 10.1 Å². The number of fused-ring (bicyclic) bond motifs is 1. The molecule has 0 aliphatic heterocycles. The molecular weight excluding hydrogens is 258 g/mol. The first-order valence-corrected chi connectivity index (χ1v) is 7.88. The van der Waals surface area contributed by atoms with Crippen molar-refractivity contribution in [3.63, 3.8) is 0 Å². The Morgan fingerprint density at radius 2 is 2.00 bits per heavy atom. The Morgan fingerprint density at radius 3 is 2.79 bits per heavy atom. The summed E-state index contributed by atoms with van der Waals surface area (Å²) < 4.78 is 5.48. The van der Waals surface area contributed by atoms with E-state index in [1.54, 1.807) is 11.3 Å². The first-order valence-electron chi connectivity index (χ1n) is 7.07. The molecule has 0 atom stereocenters. The third-order valence-corrected chi connectivity index (χ3v) is 5.45. The molecule has 2 heterocycles. The average molecular weight is 275 g/mol. The van der Waals surface area contributed by atoms with Crippen molar-refractivity contribution in [2.24, 2.45) is 0 Å². The van der Waals surface area contributed by atoms with Gasteiger partial charge in [0.05, 0.1) is 10.6 Å². The Hall–Kier alpha value is -1.36. The molecule has 0 radical (unpaired) electrons. The van der Waals surface area contributed by atoms with E-state index in [-0.39, 0.29) is 0 Å². The second kappa shape index (κ2) is 4.34. The van der Waals surface area contributed by atoms with E-state index in [1.165, 1.54) is 42.5 Å². The number of rotatable bonds is 2. The molecule has 2 aromatic rings. The maximum absolute atomic E-state index is 6.18. The quantitative estimate of drug-likeness (QED) is 0.910. The lowest BCUT2D eigenvalue weighted by molar-refractivity contribution is 0.366. The van der Waals surface area contributed by atoms with Crippen molar-refractivity contribution in [3.8, 4) is 11.5 Å².